The van der Waals surface area contributed by atoms with Gasteiger partial charge >= 0.3 is 0 Å². The summed E-state index contributed by atoms with van der Waals surface area (Å²) < 4.78 is 11.0. The van der Waals surface area contributed by atoms with Gasteiger partial charge in [-0.2, -0.15) is 0 Å². The van der Waals surface area contributed by atoms with Gasteiger partial charge in [0.25, 0.3) is 5.91 Å². The van der Waals surface area contributed by atoms with Gasteiger partial charge in [0, 0.05) is 39.9 Å². The minimum Gasteiger partial charge on any atom is -0.484 e. The number of aliphatic imine (C=N–C) groups is 1. The number of hydrogen-bond acceptors (Lipinski definition) is 4. The summed E-state index contributed by atoms with van der Waals surface area (Å²) in [4.78, 5) is 16.2. The summed E-state index contributed by atoms with van der Waals surface area (Å²) in [5, 5.41) is 9.82. The Kier molecular flexibility index (Phi) is 8.37. The van der Waals surface area contributed by atoms with Crippen molar-refractivity contribution in [1.29, 1.82) is 0 Å². The second-order valence-corrected chi connectivity index (χ2v) is 8.51. The molecule has 1 amide bonds. The molecule has 0 atom stereocenters. The fourth-order valence-corrected chi connectivity index (χ4v) is 4.03. The number of guanidine groups is 1. The summed E-state index contributed by atoms with van der Waals surface area (Å²) >= 11 is 0. The molecule has 30 heavy (non-hydrogen) atoms. The molecule has 166 valence electrons. The predicted octanol–water partition coefficient (Wildman–Crippen LogP) is 2.61. The lowest BCUT2D eigenvalue weighted by Gasteiger charge is -2.30. The van der Waals surface area contributed by atoms with Crippen LogP contribution in [-0.4, -0.2) is 51.8 Å². The van der Waals surface area contributed by atoms with Gasteiger partial charge in [0.2, 0.25) is 0 Å². The van der Waals surface area contributed by atoms with Gasteiger partial charge in [0.05, 0.1) is 0 Å². The number of benzene rings is 1. The highest BCUT2D eigenvalue weighted by atomic mass is 16.5. The Morgan fingerprint density at radius 1 is 1.23 bits per heavy atom. The Bertz CT molecular complexity index is 712. The van der Waals surface area contributed by atoms with E-state index in [-0.39, 0.29) is 12.5 Å². The monoisotopic (exact) mass is 416 g/mol. The number of carbonyl (C=O) groups excluding carboxylic acids is 1. The van der Waals surface area contributed by atoms with E-state index in [4.69, 9.17) is 9.47 Å². The Balaban J connectivity index is 1.44. The van der Waals surface area contributed by atoms with E-state index in [1.807, 2.05) is 24.3 Å². The van der Waals surface area contributed by atoms with Crippen molar-refractivity contribution < 1.29 is 14.3 Å². The molecule has 2 aliphatic carbocycles. The van der Waals surface area contributed by atoms with Gasteiger partial charge in [-0.25, -0.2) is 0 Å². The molecule has 2 fully saturated rings. The van der Waals surface area contributed by atoms with Crippen LogP contribution in [0.2, 0.25) is 0 Å². The van der Waals surface area contributed by atoms with Crippen LogP contribution in [0.15, 0.2) is 29.3 Å². The lowest BCUT2D eigenvalue weighted by atomic mass is 9.83. The molecule has 1 aromatic rings. The molecule has 2 saturated carbocycles. The van der Waals surface area contributed by atoms with E-state index in [0.717, 1.165) is 43.9 Å². The number of nitrogens with zero attached hydrogens (tertiary/aromatic N) is 1. The third-order valence-corrected chi connectivity index (χ3v) is 6.03. The lowest BCUT2D eigenvalue weighted by Crippen LogP contribution is -2.43. The first kappa shape index (κ1) is 22.4. The van der Waals surface area contributed by atoms with E-state index in [9.17, 15) is 4.79 Å². The van der Waals surface area contributed by atoms with Gasteiger partial charge in [-0.1, -0.05) is 25.0 Å². The van der Waals surface area contributed by atoms with Crippen molar-refractivity contribution in [3.8, 4) is 5.75 Å². The molecule has 0 aliphatic heterocycles. The van der Waals surface area contributed by atoms with Crippen LogP contribution in [0.5, 0.6) is 5.75 Å². The Labute approximate surface area is 180 Å². The van der Waals surface area contributed by atoms with E-state index in [0.29, 0.717) is 23.8 Å². The summed E-state index contributed by atoms with van der Waals surface area (Å²) in [6.07, 6.45) is 8.32. The molecule has 0 bridgehead atoms. The number of carbonyl (C=O) groups is 1. The van der Waals surface area contributed by atoms with Crippen LogP contribution in [0.3, 0.4) is 0 Å². The minimum atomic E-state index is -0.0556. The van der Waals surface area contributed by atoms with Crippen molar-refractivity contribution >= 4 is 11.9 Å². The number of ether oxygens (including phenoxy) is 2. The zero-order valence-electron chi connectivity index (χ0n) is 18.3. The molecule has 2 aliphatic rings. The average molecular weight is 417 g/mol. The predicted molar refractivity (Wildman–Crippen MR) is 119 cm³/mol. The largest absolute Gasteiger partial charge is 0.484 e. The molecule has 0 heterocycles. The molecule has 0 unspecified atom stereocenters. The smallest absolute Gasteiger partial charge is 0.258 e. The van der Waals surface area contributed by atoms with Crippen molar-refractivity contribution in [2.24, 2.45) is 10.4 Å². The number of amides is 1. The average Bonchev–Trinajstić information content (AvgIpc) is 3.45. The van der Waals surface area contributed by atoms with Crippen molar-refractivity contribution in [2.45, 2.75) is 57.5 Å². The van der Waals surface area contributed by atoms with Crippen molar-refractivity contribution in [1.82, 2.24) is 16.0 Å². The highest BCUT2D eigenvalue weighted by Gasteiger charge is 2.33. The second kappa shape index (κ2) is 11.2. The maximum absolute atomic E-state index is 11.8. The quantitative estimate of drug-likeness (QED) is 0.381. The van der Waals surface area contributed by atoms with Gasteiger partial charge in [-0.05, 0) is 55.2 Å². The molecule has 7 heteroatoms. The SMILES string of the molecule is CN=C(NCc1cccc(OCC(=O)NC2CC2)c1)NCC1(CCOC)CCCC1. The van der Waals surface area contributed by atoms with Crippen LogP contribution in [0.25, 0.3) is 0 Å². The highest BCUT2D eigenvalue weighted by Crippen LogP contribution is 2.40. The van der Waals surface area contributed by atoms with Gasteiger partial charge in [-0.3, -0.25) is 9.79 Å². The lowest BCUT2D eigenvalue weighted by molar-refractivity contribution is -0.123. The van der Waals surface area contributed by atoms with Crippen LogP contribution in [0, 0.1) is 5.41 Å². The van der Waals surface area contributed by atoms with E-state index in [2.05, 4.69) is 20.9 Å². The maximum Gasteiger partial charge on any atom is 0.258 e. The third-order valence-electron chi connectivity index (χ3n) is 6.03. The normalized spacial score (nSPS) is 18.1. The fraction of sp³-hybridized carbons (Fsp3) is 0.652. The van der Waals surface area contributed by atoms with Gasteiger partial charge in [-0.15, -0.1) is 0 Å². The van der Waals surface area contributed by atoms with Gasteiger partial charge in [0.15, 0.2) is 12.6 Å². The van der Waals surface area contributed by atoms with Crippen LogP contribution >= 0.6 is 0 Å². The first-order valence-corrected chi connectivity index (χ1v) is 11.1. The summed E-state index contributed by atoms with van der Waals surface area (Å²) in [6.45, 7) is 2.41. The Hall–Kier alpha value is -2.28. The molecule has 1 aromatic carbocycles. The number of hydrogen-bond donors (Lipinski definition) is 3. The molecule has 7 nitrogen and oxygen atoms in total. The molecule has 3 rings (SSSR count). The Morgan fingerprint density at radius 2 is 2.03 bits per heavy atom. The second-order valence-electron chi connectivity index (χ2n) is 8.51. The van der Waals surface area contributed by atoms with E-state index in [1.165, 1.54) is 25.7 Å². The van der Waals surface area contributed by atoms with Crippen molar-refractivity contribution in [3.63, 3.8) is 0 Å². The first-order valence-electron chi connectivity index (χ1n) is 11.1. The summed E-state index contributed by atoms with van der Waals surface area (Å²) in [7, 11) is 3.57. The van der Waals surface area contributed by atoms with Crippen LogP contribution in [-0.2, 0) is 16.1 Å². The zero-order chi connectivity index (χ0) is 21.2. The number of rotatable bonds is 11. The van der Waals surface area contributed by atoms with Crippen molar-refractivity contribution in [2.75, 3.05) is 33.9 Å². The van der Waals surface area contributed by atoms with Gasteiger partial charge < -0.3 is 25.4 Å². The molecule has 0 radical (unpaired) electrons. The van der Waals surface area contributed by atoms with Crippen LogP contribution in [0.4, 0.5) is 0 Å². The van der Waals surface area contributed by atoms with Crippen LogP contribution < -0.4 is 20.7 Å². The highest BCUT2D eigenvalue weighted by molar-refractivity contribution is 5.79. The summed E-state index contributed by atoms with van der Waals surface area (Å²) in [6, 6.07) is 8.17. The molecule has 3 N–H and O–H groups in total. The molecular formula is C23H36N4O3. The van der Waals surface area contributed by atoms with Crippen molar-refractivity contribution in [3.05, 3.63) is 29.8 Å². The van der Waals surface area contributed by atoms with E-state index < -0.39 is 0 Å². The van der Waals surface area contributed by atoms with E-state index >= 15 is 0 Å². The summed E-state index contributed by atoms with van der Waals surface area (Å²) in [5.41, 5.74) is 1.38. The summed E-state index contributed by atoms with van der Waals surface area (Å²) in [5.74, 6) is 1.45. The standard InChI is InChI=1S/C23H36N4O3/c1-24-22(26-17-23(12-13-29-2)10-3-4-11-23)25-15-18-6-5-7-20(14-18)30-16-21(28)27-19-8-9-19/h5-7,14,19H,3-4,8-13,15-17H2,1-2H3,(H,27,28)(H2,24,25,26). The molecule has 0 spiro atoms. The van der Waals surface area contributed by atoms with E-state index in [1.54, 1.807) is 14.2 Å². The topological polar surface area (TPSA) is 84.0 Å². The molecule has 0 aromatic heterocycles. The third kappa shape index (κ3) is 7.20. The maximum atomic E-state index is 11.8. The number of methoxy groups -OCH3 is 1. The van der Waals surface area contributed by atoms with Gasteiger partial charge in [0.1, 0.15) is 5.75 Å². The number of nitrogens with one attached hydrogen (secondary N) is 3. The van der Waals surface area contributed by atoms with Crippen LogP contribution in [0.1, 0.15) is 50.5 Å². The zero-order valence-corrected chi connectivity index (χ0v) is 18.3. The first-order chi connectivity index (χ1) is 14.6. The molecule has 0 saturated heterocycles. The molecular weight excluding hydrogens is 380 g/mol. The fourth-order valence-electron chi connectivity index (χ4n) is 4.03. The minimum absolute atomic E-state index is 0.0556. The Morgan fingerprint density at radius 3 is 2.73 bits per heavy atom.